The average molecular weight is 340 g/mol. The van der Waals surface area contributed by atoms with Crippen LogP contribution in [0.5, 0.6) is 0 Å². The number of nitrogens with zero attached hydrogens (tertiary/aromatic N) is 2. The Labute approximate surface area is 127 Å². The molecule has 1 atom stereocenters. The maximum Gasteiger partial charge on any atom is 0.128 e. The van der Waals surface area contributed by atoms with Gasteiger partial charge in [-0.25, -0.2) is 4.39 Å². The highest BCUT2D eigenvalue weighted by Gasteiger charge is 2.24. The molecule has 1 unspecified atom stereocenters. The normalized spacial score (nSPS) is 12.9. The summed E-state index contributed by atoms with van der Waals surface area (Å²) < 4.78 is 16.9. The van der Waals surface area contributed by atoms with Gasteiger partial charge in [0.25, 0.3) is 0 Å². The zero-order valence-corrected chi connectivity index (χ0v) is 13.5. The lowest BCUT2D eigenvalue weighted by molar-refractivity contribution is 0.466. The van der Waals surface area contributed by atoms with Gasteiger partial charge >= 0.3 is 0 Å². The fourth-order valence-corrected chi connectivity index (χ4v) is 2.80. The van der Waals surface area contributed by atoms with E-state index < -0.39 is 0 Å². The van der Waals surface area contributed by atoms with Crippen LogP contribution in [0.25, 0.3) is 0 Å². The molecule has 1 N–H and O–H groups in total. The summed E-state index contributed by atoms with van der Waals surface area (Å²) in [5, 5.41) is 7.73. The molecule has 0 saturated carbocycles. The Morgan fingerprint density at radius 1 is 1.35 bits per heavy atom. The highest BCUT2D eigenvalue weighted by atomic mass is 79.9. The quantitative estimate of drug-likeness (QED) is 0.889. The number of aromatic nitrogens is 2. The number of hydrogen-bond acceptors (Lipinski definition) is 2. The second-order valence-electron chi connectivity index (χ2n) is 4.93. The summed E-state index contributed by atoms with van der Waals surface area (Å²) in [5.74, 6) is -0.207. The lowest BCUT2D eigenvalue weighted by Gasteiger charge is -2.22. The van der Waals surface area contributed by atoms with E-state index in [4.69, 9.17) is 0 Å². The van der Waals surface area contributed by atoms with Gasteiger partial charge in [0.15, 0.2) is 0 Å². The fraction of sp³-hybridized carbons (Fsp3) is 0.400. The van der Waals surface area contributed by atoms with Gasteiger partial charge in [0.05, 0.1) is 22.4 Å². The molecule has 5 heteroatoms. The molecule has 3 nitrogen and oxygen atoms in total. The minimum Gasteiger partial charge on any atom is -0.305 e. The minimum absolute atomic E-state index is 0.207. The monoisotopic (exact) mass is 339 g/mol. The summed E-state index contributed by atoms with van der Waals surface area (Å²) >= 11 is 3.53. The third kappa shape index (κ3) is 2.94. The molecule has 0 saturated heterocycles. The van der Waals surface area contributed by atoms with Crippen LogP contribution in [-0.2, 0) is 0 Å². The van der Waals surface area contributed by atoms with Crippen LogP contribution >= 0.6 is 15.9 Å². The van der Waals surface area contributed by atoms with E-state index in [2.05, 4.69) is 40.2 Å². The van der Waals surface area contributed by atoms with Gasteiger partial charge in [0.2, 0.25) is 0 Å². The topological polar surface area (TPSA) is 29.9 Å². The van der Waals surface area contributed by atoms with Crippen molar-refractivity contribution in [2.75, 3.05) is 6.54 Å². The maximum atomic E-state index is 14.1. The fourth-order valence-electron chi connectivity index (χ4n) is 2.30. The van der Waals surface area contributed by atoms with Crippen LogP contribution in [0.1, 0.15) is 44.1 Å². The number of hydrogen-bond donors (Lipinski definition) is 1. The van der Waals surface area contributed by atoms with Crippen molar-refractivity contribution in [3.05, 3.63) is 52.0 Å². The van der Waals surface area contributed by atoms with Crippen molar-refractivity contribution < 1.29 is 4.39 Å². The largest absolute Gasteiger partial charge is 0.305 e. The minimum atomic E-state index is -0.222. The van der Waals surface area contributed by atoms with E-state index in [0.717, 1.165) is 16.7 Å². The molecule has 0 spiro atoms. The van der Waals surface area contributed by atoms with Crippen molar-refractivity contribution in [3.8, 4) is 0 Å². The maximum absolute atomic E-state index is 14.1. The van der Waals surface area contributed by atoms with Crippen LogP contribution in [0, 0.1) is 5.82 Å². The van der Waals surface area contributed by atoms with E-state index in [1.807, 2.05) is 23.7 Å². The van der Waals surface area contributed by atoms with Gasteiger partial charge in [-0.3, -0.25) is 4.68 Å². The highest BCUT2D eigenvalue weighted by Crippen LogP contribution is 2.31. The second-order valence-corrected chi connectivity index (χ2v) is 5.78. The zero-order chi connectivity index (χ0) is 14.7. The molecule has 0 aliphatic rings. The summed E-state index contributed by atoms with van der Waals surface area (Å²) in [6.07, 6.45) is 1.76. The van der Waals surface area contributed by atoms with Crippen molar-refractivity contribution in [1.29, 1.82) is 0 Å². The molecular weight excluding hydrogens is 321 g/mol. The third-order valence-electron chi connectivity index (χ3n) is 3.17. The Morgan fingerprint density at radius 2 is 2.05 bits per heavy atom. The Bertz CT molecular complexity index is 580. The molecule has 0 radical (unpaired) electrons. The Morgan fingerprint density at radius 3 is 2.65 bits per heavy atom. The van der Waals surface area contributed by atoms with Crippen LogP contribution < -0.4 is 5.32 Å². The van der Waals surface area contributed by atoms with Crippen molar-refractivity contribution in [1.82, 2.24) is 15.1 Å². The lowest BCUT2D eigenvalue weighted by Crippen LogP contribution is -2.26. The van der Waals surface area contributed by atoms with Crippen molar-refractivity contribution in [3.63, 3.8) is 0 Å². The summed E-state index contributed by atoms with van der Waals surface area (Å²) in [4.78, 5) is 0. The first-order chi connectivity index (χ1) is 9.56. The van der Waals surface area contributed by atoms with Crippen molar-refractivity contribution >= 4 is 15.9 Å². The van der Waals surface area contributed by atoms with Gasteiger partial charge in [0, 0.05) is 11.6 Å². The standard InChI is InChI=1S/C15H19BrFN3/c1-4-18-14(11-7-5-6-8-13(11)17)15-12(16)9-19-20(15)10(2)3/h5-10,14,18H,4H2,1-3H3. The molecule has 2 rings (SSSR count). The van der Waals surface area contributed by atoms with E-state index in [1.54, 1.807) is 12.3 Å². The van der Waals surface area contributed by atoms with Gasteiger partial charge in [-0.05, 0) is 42.4 Å². The molecule has 1 aromatic carbocycles. The number of nitrogens with one attached hydrogen (secondary N) is 1. The molecular formula is C15H19BrFN3. The van der Waals surface area contributed by atoms with Gasteiger partial charge in [-0.2, -0.15) is 5.10 Å². The van der Waals surface area contributed by atoms with Gasteiger partial charge < -0.3 is 5.32 Å². The molecule has 0 aliphatic heterocycles. The van der Waals surface area contributed by atoms with Crippen LogP contribution in [0.3, 0.4) is 0 Å². The van der Waals surface area contributed by atoms with Crippen molar-refractivity contribution in [2.45, 2.75) is 32.9 Å². The van der Waals surface area contributed by atoms with Gasteiger partial charge in [-0.1, -0.05) is 25.1 Å². The first kappa shape index (κ1) is 15.2. The summed E-state index contributed by atoms with van der Waals surface area (Å²) in [7, 11) is 0. The first-order valence-electron chi connectivity index (χ1n) is 6.77. The van der Waals surface area contributed by atoms with E-state index >= 15 is 0 Å². The zero-order valence-electron chi connectivity index (χ0n) is 11.9. The van der Waals surface area contributed by atoms with E-state index in [1.165, 1.54) is 6.07 Å². The summed E-state index contributed by atoms with van der Waals surface area (Å²) in [6, 6.07) is 6.85. The van der Waals surface area contributed by atoms with E-state index in [-0.39, 0.29) is 17.9 Å². The number of benzene rings is 1. The molecule has 0 fully saturated rings. The molecule has 108 valence electrons. The van der Waals surface area contributed by atoms with Crippen LogP contribution in [0.2, 0.25) is 0 Å². The second kappa shape index (κ2) is 6.50. The molecule has 1 heterocycles. The highest BCUT2D eigenvalue weighted by molar-refractivity contribution is 9.10. The summed E-state index contributed by atoms with van der Waals surface area (Å²) in [6.45, 7) is 6.88. The number of halogens is 2. The summed E-state index contributed by atoms with van der Waals surface area (Å²) in [5.41, 5.74) is 1.59. The molecule has 0 aliphatic carbocycles. The van der Waals surface area contributed by atoms with E-state index in [9.17, 15) is 4.39 Å². The Hall–Kier alpha value is -1.20. The predicted octanol–water partition coefficient (Wildman–Crippen LogP) is 4.06. The third-order valence-corrected chi connectivity index (χ3v) is 3.79. The van der Waals surface area contributed by atoms with Gasteiger partial charge in [0.1, 0.15) is 5.82 Å². The smallest absolute Gasteiger partial charge is 0.128 e. The number of rotatable bonds is 5. The molecule has 0 bridgehead atoms. The molecule has 1 aromatic heterocycles. The molecule has 20 heavy (non-hydrogen) atoms. The van der Waals surface area contributed by atoms with Gasteiger partial charge in [-0.15, -0.1) is 0 Å². The first-order valence-corrected chi connectivity index (χ1v) is 7.56. The van der Waals surface area contributed by atoms with E-state index in [0.29, 0.717) is 5.56 Å². The lowest BCUT2D eigenvalue weighted by atomic mass is 10.0. The van der Waals surface area contributed by atoms with Crippen molar-refractivity contribution in [2.24, 2.45) is 0 Å². The van der Waals surface area contributed by atoms with Crippen LogP contribution in [0.4, 0.5) is 4.39 Å². The average Bonchev–Trinajstić information content (AvgIpc) is 2.79. The SMILES string of the molecule is CCNC(c1ccccc1F)c1c(Br)cnn1C(C)C. The predicted molar refractivity (Wildman–Crippen MR) is 82.2 cm³/mol. The Kier molecular flexibility index (Phi) is 4.94. The van der Waals surface area contributed by atoms with Crippen LogP contribution in [0.15, 0.2) is 34.9 Å². The Balaban J connectivity index is 2.55. The molecule has 0 amide bonds. The molecule has 2 aromatic rings. The van der Waals surface area contributed by atoms with Crippen LogP contribution in [-0.4, -0.2) is 16.3 Å².